The minimum atomic E-state index is -2.61. The topological polar surface area (TPSA) is 159 Å². The van der Waals surface area contributed by atoms with Gasteiger partial charge in [0.25, 0.3) is 5.69 Å². The predicted molar refractivity (Wildman–Crippen MR) is 188 cm³/mol. The Labute approximate surface area is 289 Å². The van der Waals surface area contributed by atoms with Gasteiger partial charge < -0.3 is 38.9 Å². The van der Waals surface area contributed by atoms with Crippen LogP contribution in [0.1, 0.15) is 50.5 Å². The Morgan fingerprint density at radius 3 is 2.08 bits per heavy atom. The van der Waals surface area contributed by atoms with Crippen LogP contribution >= 0.6 is 0 Å². The van der Waals surface area contributed by atoms with Crippen molar-refractivity contribution >= 4 is 20.1 Å². The zero-order valence-corrected chi connectivity index (χ0v) is 30.5. The van der Waals surface area contributed by atoms with Gasteiger partial charge >= 0.3 is 6.09 Å². The van der Waals surface area contributed by atoms with Crippen LogP contribution in [0.3, 0.4) is 0 Å². The average Bonchev–Trinajstić information content (AvgIpc) is 3.08. The fraction of sp³-hybridized carbons (Fsp3) is 0.472. The van der Waals surface area contributed by atoms with Crippen molar-refractivity contribution in [3.8, 4) is 11.5 Å². The van der Waals surface area contributed by atoms with E-state index in [9.17, 15) is 25.1 Å². The summed E-state index contributed by atoms with van der Waals surface area (Å²) in [7, 11) is 0.350. The van der Waals surface area contributed by atoms with Crippen molar-refractivity contribution in [2.45, 2.75) is 83.4 Å². The van der Waals surface area contributed by atoms with Crippen molar-refractivity contribution in [1.29, 1.82) is 0 Å². The lowest BCUT2D eigenvalue weighted by Crippen LogP contribution is -2.59. The molecule has 3 rings (SSSR count). The quantitative estimate of drug-likeness (QED) is 0.0802. The van der Waals surface area contributed by atoms with Crippen LogP contribution in [-0.4, -0.2) is 68.6 Å². The van der Waals surface area contributed by atoms with E-state index in [4.69, 9.17) is 23.4 Å². The van der Waals surface area contributed by atoms with Gasteiger partial charge in [-0.2, -0.15) is 0 Å². The number of nitro benzene ring substituents is 1. The predicted octanol–water partition coefficient (Wildman–Crippen LogP) is 6.54. The van der Waals surface area contributed by atoms with Crippen LogP contribution < -0.4 is 14.8 Å². The van der Waals surface area contributed by atoms with Crippen LogP contribution in [0.15, 0.2) is 72.8 Å². The number of alkyl carbamates (subject to hydrolysis) is 1. The highest BCUT2D eigenvalue weighted by Crippen LogP contribution is 2.40. The fourth-order valence-corrected chi connectivity index (χ4v) is 6.35. The molecule has 0 bridgehead atoms. The van der Waals surface area contributed by atoms with Gasteiger partial charge in [-0.05, 0) is 53.5 Å². The number of benzene rings is 3. The number of ether oxygens (including phenoxy) is 4. The number of nitrogens with one attached hydrogen (secondary N) is 1. The lowest BCUT2D eigenvalue weighted by Gasteiger charge is -2.44. The molecular weight excluding hydrogens is 648 g/mol. The van der Waals surface area contributed by atoms with Crippen molar-refractivity contribution in [3.05, 3.63) is 99.6 Å². The lowest BCUT2D eigenvalue weighted by atomic mass is 9.89. The van der Waals surface area contributed by atoms with Gasteiger partial charge in [0, 0.05) is 5.92 Å². The number of amides is 1. The summed E-state index contributed by atoms with van der Waals surface area (Å²) in [6.45, 7) is 12.5. The molecule has 0 aliphatic carbocycles. The van der Waals surface area contributed by atoms with Crippen LogP contribution in [0.4, 0.5) is 10.5 Å². The van der Waals surface area contributed by atoms with Gasteiger partial charge in [-0.25, -0.2) is 4.79 Å². The molecule has 5 atom stereocenters. The highest BCUT2D eigenvalue weighted by Gasteiger charge is 2.46. The number of rotatable bonds is 17. The second kappa shape index (κ2) is 17.6. The number of hydrogen-bond donors (Lipinski definition) is 3. The number of aliphatic hydroxyl groups excluding tert-OH is 2. The molecule has 49 heavy (non-hydrogen) atoms. The number of nitro groups is 1. The van der Waals surface area contributed by atoms with E-state index in [1.165, 1.54) is 25.3 Å². The first-order valence-corrected chi connectivity index (χ1v) is 19.0. The Morgan fingerprint density at radius 1 is 0.918 bits per heavy atom. The molecule has 0 heterocycles. The summed E-state index contributed by atoms with van der Waals surface area (Å²) >= 11 is 0. The number of aliphatic hydroxyl groups is 2. The lowest BCUT2D eigenvalue weighted by molar-refractivity contribution is -0.386. The maximum Gasteiger partial charge on any atom is 0.407 e. The number of methoxy groups -OCH3 is 2. The van der Waals surface area contributed by atoms with Crippen molar-refractivity contribution in [2.24, 2.45) is 5.92 Å². The average molecular weight is 699 g/mol. The minimum Gasteiger partial charge on any atom is -0.497 e. The smallest absolute Gasteiger partial charge is 0.407 e. The Bertz CT molecular complexity index is 1500. The molecule has 0 unspecified atom stereocenters. The summed E-state index contributed by atoms with van der Waals surface area (Å²) in [5, 5.41) is 37.9. The fourth-order valence-electron chi connectivity index (χ4n) is 4.94. The first-order valence-electron chi connectivity index (χ1n) is 16.1. The van der Waals surface area contributed by atoms with E-state index in [1.807, 2.05) is 62.5 Å². The zero-order valence-electron chi connectivity index (χ0n) is 29.5. The third-order valence-electron chi connectivity index (χ3n) is 8.90. The highest BCUT2D eigenvalue weighted by atomic mass is 28.4. The summed E-state index contributed by atoms with van der Waals surface area (Å²) in [6.07, 6.45) is -5.35. The maximum absolute atomic E-state index is 13.4. The van der Waals surface area contributed by atoms with Gasteiger partial charge in [0.15, 0.2) is 8.32 Å². The minimum absolute atomic E-state index is 0.0454. The molecule has 0 radical (unpaired) electrons. The van der Waals surface area contributed by atoms with E-state index in [2.05, 4.69) is 26.1 Å². The molecule has 0 aliphatic heterocycles. The second-order valence-corrected chi connectivity index (χ2v) is 18.3. The first kappa shape index (κ1) is 39.4. The third-order valence-corrected chi connectivity index (χ3v) is 13.4. The zero-order chi connectivity index (χ0) is 36.4. The van der Waals surface area contributed by atoms with Gasteiger partial charge in [0.05, 0.1) is 56.1 Å². The molecule has 12 nitrogen and oxygen atoms in total. The van der Waals surface area contributed by atoms with Gasteiger partial charge in [-0.1, -0.05) is 70.2 Å². The Balaban J connectivity index is 2.00. The molecule has 3 N–H and O–H groups in total. The van der Waals surface area contributed by atoms with Crippen LogP contribution in [-0.2, 0) is 27.1 Å². The molecule has 1 amide bonds. The molecule has 268 valence electrons. The van der Waals surface area contributed by atoms with Crippen molar-refractivity contribution < 1.29 is 43.3 Å². The largest absolute Gasteiger partial charge is 0.497 e. The van der Waals surface area contributed by atoms with Crippen LogP contribution in [0.2, 0.25) is 18.1 Å². The summed E-state index contributed by atoms with van der Waals surface area (Å²) in [5.41, 5.74) is 1.06. The second-order valence-electron chi connectivity index (χ2n) is 13.5. The van der Waals surface area contributed by atoms with Crippen molar-refractivity contribution in [2.75, 3.05) is 20.8 Å². The molecule has 0 fully saturated rings. The van der Waals surface area contributed by atoms with Gasteiger partial charge in [-0.3, -0.25) is 10.1 Å². The molecule has 0 saturated carbocycles. The molecule has 0 saturated heterocycles. The number of carbonyl (C=O) groups is 1. The molecule has 3 aromatic carbocycles. The molecule has 3 aromatic rings. The summed E-state index contributed by atoms with van der Waals surface area (Å²) in [4.78, 5) is 24.7. The number of hydrogen-bond acceptors (Lipinski definition) is 10. The van der Waals surface area contributed by atoms with E-state index < -0.39 is 55.3 Å². The van der Waals surface area contributed by atoms with Crippen molar-refractivity contribution in [1.82, 2.24) is 5.32 Å². The Hall–Kier alpha value is -4.01. The monoisotopic (exact) mass is 698 g/mol. The third kappa shape index (κ3) is 11.0. The maximum atomic E-state index is 13.4. The van der Waals surface area contributed by atoms with Crippen molar-refractivity contribution in [3.63, 3.8) is 0 Å². The van der Waals surface area contributed by atoms with Gasteiger partial charge in [0.1, 0.15) is 30.3 Å². The standard InChI is InChI=1S/C36H50N2O10Si/c1-24(21-46-22-26-14-16-27(44-5)17-15-26)34(48-49(7,8)36(2,3)4)31(37-35(41)47-23-25-12-10-9-11-13-25)33(40)32(39)29-19-18-28(45-6)20-30(29)38(42)43/h9-20,24,31-34,39-40H,21-23H2,1-8H3,(H,37,41)/t24-,31-,32-,33-,34-/m1/s1. The SMILES string of the molecule is COc1ccc(COC[C@@H](C)[C@@H](O[Si](C)(C)C(C)(C)C)[C@H](NC(=O)OCc2ccccc2)[C@@H](O)[C@H](O)c2ccc(OC)cc2[N+](=O)[O-])cc1. The van der Waals surface area contributed by atoms with Crippen LogP contribution in [0.25, 0.3) is 0 Å². The normalized spacial score (nSPS) is 15.0. The van der Waals surface area contributed by atoms with E-state index in [0.717, 1.165) is 16.9 Å². The first-order chi connectivity index (χ1) is 23.1. The van der Waals surface area contributed by atoms with Gasteiger partial charge in [0.2, 0.25) is 0 Å². The summed E-state index contributed by atoms with van der Waals surface area (Å²) in [6, 6.07) is 19.2. The number of nitrogens with zero attached hydrogens (tertiary/aromatic N) is 1. The molecular formula is C36H50N2O10Si. The Kier molecular flexibility index (Phi) is 14.1. The van der Waals surface area contributed by atoms with E-state index in [0.29, 0.717) is 0 Å². The number of carbonyl (C=O) groups excluding carboxylic acids is 1. The summed E-state index contributed by atoms with van der Waals surface area (Å²) in [5.74, 6) is 0.482. The van der Waals surface area contributed by atoms with Crippen LogP contribution in [0.5, 0.6) is 11.5 Å². The van der Waals surface area contributed by atoms with Gasteiger partial charge in [-0.15, -0.1) is 0 Å². The molecule has 13 heteroatoms. The highest BCUT2D eigenvalue weighted by molar-refractivity contribution is 6.74. The summed E-state index contributed by atoms with van der Waals surface area (Å²) < 4.78 is 28.9. The molecule has 0 spiro atoms. The molecule has 0 aliphatic rings. The van der Waals surface area contributed by atoms with E-state index in [1.54, 1.807) is 19.2 Å². The van der Waals surface area contributed by atoms with E-state index in [-0.39, 0.29) is 36.2 Å². The van der Waals surface area contributed by atoms with Crippen LogP contribution in [0, 0.1) is 16.0 Å². The molecule has 0 aromatic heterocycles. The Morgan fingerprint density at radius 2 is 1.51 bits per heavy atom. The van der Waals surface area contributed by atoms with E-state index >= 15 is 0 Å².